The molecule has 0 unspecified atom stereocenters. The highest BCUT2D eigenvalue weighted by Gasteiger charge is 2.87. The lowest BCUT2D eigenvalue weighted by Crippen LogP contribution is -2.77. The summed E-state index contributed by atoms with van der Waals surface area (Å²) in [4.78, 5) is 41.6. The van der Waals surface area contributed by atoms with Gasteiger partial charge < -0.3 is 48.8 Å². The van der Waals surface area contributed by atoms with Crippen LogP contribution in [0.2, 0.25) is 0 Å². The normalized spacial score (nSPS) is 48.7. The second-order valence-corrected chi connectivity index (χ2v) is 17.9. The maximum absolute atomic E-state index is 13.7. The first kappa shape index (κ1) is 37.9. The van der Waals surface area contributed by atoms with E-state index in [2.05, 4.69) is 11.8 Å². The van der Waals surface area contributed by atoms with Crippen molar-refractivity contribution >= 4 is 17.9 Å². The van der Waals surface area contributed by atoms with Crippen molar-refractivity contribution in [1.29, 1.82) is 0 Å². The van der Waals surface area contributed by atoms with Crippen molar-refractivity contribution in [3.05, 3.63) is 23.8 Å². The first-order valence-corrected chi connectivity index (χ1v) is 19.4. The van der Waals surface area contributed by atoms with E-state index in [9.17, 15) is 34.8 Å². The number of methoxy groups -OCH3 is 2. The van der Waals surface area contributed by atoms with Crippen molar-refractivity contribution in [1.82, 2.24) is 4.90 Å². The van der Waals surface area contributed by atoms with Crippen molar-refractivity contribution in [2.75, 3.05) is 27.3 Å². The number of nitrogens with zero attached hydrogens (tertiary/aromatic N) is 1. The molecule has 3 saturated heterocycles. The first-order chi connectivity index (χ1) is 25.4. The Morgan fingerprint density at radius 2 is 1.63 bits per heavy atom. The molecular formula is C40H55NO13. The summed E-state index contributed by atoms with van der Waals surface area (Å²) >= 11 is 0. The summed E-state index contributed by atoms with van der Waals surface area (Å²) in [6.07, 6.45) is -2.57. The molecule has 4 bridgehead atoms. The molecule has 0 amide bonds. The Labute approximate surface area is 315 Å². The Hall–Kier alpha value is -3.01. The highest BCUT2D eigenvalue weighted by Crippen LogP contribution is 2.77. The van der Waals surface area contributed by atoms with Crippen LogP contribution in [0.15, 0.2) is 18.2 Å². The summed E-state index contributed by atoms with van der Waals surface area (Å²) in [6.45, 7) is 9.64. The maximum atomic E-state index is 13.7. The minimum Gasteiger partial charge on any atom is -0.493 e. The number of carbonyl (C=O) groups is 3. The molecule has 7 aliphatic rings. The number of carbonyl (C=O) groups excluding carboxylic acids is 3. The van der Waals surface area contributed by atoms with Gasteiger partial charge in [-0.3, -0.25) is 14.5 Å². The van der Waals surface area contributed by atoms with Gasteiger partial charge in [0, 0.05) is 50.2 Å². The minimum atomic E-state index is -2.05. The lowest BCUT2D eigenvalue weighted by Gasteiger charge is -2.64. The minimum absolute atomic E-state index is 0.0544. The van der Waals surface area contributed by atoms with Crippen LogP contribution < -0.4 is 9.47 Å². The van der Waals surface area contributed by atoms with Crippen LogP contribution in [0.3, 0.4) is 0 Å². The van der Waals surface area contributed by atoms with Crippen LogP contribution in [0.4, 0.5) is 0 Å². The highest BCUT2D eigenvalue weighted by atomic mass is 16.7. The topological polar surface area (TPSA) is 191 Å². The smallest absolute Gasteiger partial charge is 0.338 e. The van der Waals surface area contributed by atoms with Gasteiger partial charge in [-0.25, -0.2) is 4.79 Å². The highest BCUT2D eigenvalue weighted by molar-refractivity contribution is 5.90. The molecule has 7 fully saturated rings. The molecule has 4 saturated carbocycles. The Bertz CT molecular complexity index is 1720. The molecule has 16 atom stereocenters. The molecule has 0 aromatic heterocycles. The van der Waals surface area contributed by atoms with E-state index in [0.717, 1.165) is 19.4 Å². The van der Waals surface area contributed by atoms with E-state index in [1.54, 1.807) is 19.1 Å². The van der Waals surface area contributed by atoms with Crippen molar-refractivity contribution in [2.24, 2.45) is 40.9 Å². The Morgan fingerprint density at radius 1 is 0.926 bits per heavy atom. The van der Waals surface area contributed by atoms with E-state index in [4.69, 9.17) is 28.4 Å². The molecule has 3 heterocycles. The number of hydrogen-bond donors (Lipinski definition) is 4. The Balaban J connectivity index is 1.23. The SMILES string of the molecule is COc1ccc(C(=O)O[C@H]2CC[C@@]3(C)[C@@H]4C[C@@H](OC(C)=O)[C@H]5[C@@]6(O)[C@@H](C[C@@]53O[C@]24O)[C@@H]2CN3C[C@@H](C)CC[C@H]3[C@@](C)(O)[C@H]2[C@@H](O)[C@@H]6OC(C)=O)cc1OC. The van der Waals surface area contributed by atoms with Gasteiger partial charge in [0.1, 0.15) is 11.7 Å². The van der Waals surface area contributed by atoms with E-state index in [1.165, 1.54) is 34.1 Å². The molecule has 0 radical (unpaired) electrons. The molecule has 4 N–H and O–H groups in total. The number of piperidine rings is 2. The van der Waals surface area contributed by atoms with Gasteiger partial charge in [-0.05, 0) is 81.4 Å². The quantitative estimate of drug-likeness (QED) is 0.244. The number of aliphatic hydroxyl groups is 4. The molecule has 1 spiro atoms. The number of esters is 3. The van der Waals surface area contributed by atoms with Crippen LogP contribution in [-0.4, -0.2) is 124 Å². The van der Waals surface area contributed by atoms with E-state index in [0.29, 0.717) is 30.4 Å². The number of aliphatic hydroxyl groups excluding tert-OH is 1. The molecule has 8 rings (SSSR count). The zero-order valence-corrected chi connectivity index (χ0v) is 32.2. The van der Waals surface area contributed by atoms with Crippen LogP contribution >= 0.6 is 0 Å². The molecular weight excluding hydrogens is 702 g/mol. The predicted octanol–water partition coefficient (Wildman–Crippen LogP) is 2.21. The van der Waals surface area contributed by atoms with Gasteiger partial charge in [-0.15, -0.1) is 0 Å². The lowest BCUT2D eigenvalue weighted by molar-refractivity contribution is -0.298. The van der Waals surface area contributed by atoms with Gasteiger partial charge in [0.05, 0.1) is 43.0 Å². The third kappa shape index (κ3) is 4.95. The fourth-order valence-corrected chi connectivity index (χ4v) is 13.3. The van der Waals surface area contributed by atoms with Gasteiger partial charge in [0.25, 0.3) is 0 Å². The number of ether oxygens (including phenoxy) is 6. The van der Waals surface area contributed by atoms with Gasteiger partial charge in [0.2, 0.25) is 5.79 Å². The molecule has 3 aliphatic heterocycles. The fourth-order valence-electron chi connectivity index (χ4n) is 13.3. The van der Waals surface area contributed by atoms with Gasteiger partial charge in [0.15, 0.2) is 23.7 Å². The van der Waals surface area contributed by atoms with Gasteiger partial charge in [-0.2, -0.15) is 0 Å². The largest absolute Gasteiger partial charge is 0.493 e. The Kier molecular flexibility index (Phi) is 8.77. The van der Waals surface area contributed by atoms with E-state index >= 15 is 0 Å². The fraction of sp³-hybridized carbons (Fsp3) is 0.775. The van der Waals surface area contributed by atoms with Crippen molar-refractivity contribution in [2.45, 2.75) is 126 Å². The number of rotatable bonds is 6. The summed E-state index contributed by atoms with van der Waals surface area (Å²) in [7, 11) is 2.95. The van der Waals surface area contributed by atoms with Crippen molar-refractivity contribution in [3.8, 4) is 11.5 Å². The second-order valence-electron chi connectivity index (χ2n) is 17.9. The lowest BCUT2D eigenvalue weighted by atomic mass is 9.49. The number of fused-ring (bicyclic) bond motifs is 5. The summed E-state index contributed by atoms with van der Waals surface area (Å²) < 4.78 is 35.8. The monoisotopic (exact) mass is 757 g/mol. The summed E-state index contributed by atoms with van der Waals surface area (Å²) in [5, 5.41) is 51.1. The predicted molar refractivity (Wildman–Crippen MR) is 188 cm³/mol. The summed E-state index contributed by atoms with van der Waals surface area (Å²) in [6, 6.07) is 4.39. The second kappa shape index (κ2) is 12.5. The third-order valence-corrected chi connectivity index (χ3v) is 15.2. The van der Waals surface area contributed by atoms with E-state index in [1.807, 2.05) is 6.92 Å². The molecule has 298 valence electrons. The van der Waals surface area contributed by atoms with Crippen LogP contribution in [0.25, 0.3) is 0 Å². The van der Waals surface area contributed by atoms with Crippen LogP contribution in [0.1, 0.15) is 83.5 Å². The van der Waals surface area contributed by atoms with E-state index < -0.39 is 99.9 Å². The molecule has 1 aromatic carbocycles. The number of hydrogen-bond acceptors (Lipinski definition) is 14. The number of benzene rings is 1. The summed E-state index contributed by atoms with van der Waals surface area (Å²) in [5.74, 6) is -6.64. The van der Waals surface area contributed by atoms with Crippen LogP contribution in [-0.2, 0) is 28.5 Å². The van der Waals surface area contributed by atoms with Crippen molar-refractivity contribution in [3.63, 3.8) is 0 Å². The van der Waals surface area contributed by atoms with Crippen LogP contribution in [0.5, 0.6) is 11.5 Å². The molecule has 1 aromatic rings. The van der Waals surface area contributed by atoms with Gasteiger partial charge in [-0.1, -0.05) is 13.8 Å². The van der Waals surface area contributed by atoms with Crippen molar-refractivity contribution < 1.29 is 63.2 Å². The van der Waals surface area contributed by atoms with Crippen LogP contribution in [0, 0.1) is 40.9 Å². The maximum Gasteiger partial charge on any atom is 0.338 e. The molecule has 54 heavy (non-hydrogen) atoms. The summed E-state index contributed by atoms with van der Waals surface area (Å²) in [5.41, 5.74) is -5.42. The average Bonchev–Trinajstić information content (AvgIpc) is 3.38. The molecule has 14 heteroatoms. The first-order valence-electron chi connectivity index (χ1n) is 19.4. The third-order valence-electron chi connectivity index (χ3n) is 15.2. The standard InChI is InChI=1S/C40H55NO13/c1-19-8-11-29-37(5,46)31-23(18-41(29)17-19)24-16-38-33(39(24,47)34(32(31)44)52-21(3)43)27(51-20(2)42)15-28-36(38,4)13-12-30(40(28,48)54-38)53-35(45)22-9-10-25(49-6)26(14-22)50-7/h9-10,14,19,23-24,27-34,44,46-48H,8,11-13,15-18H2,1-7H3/t19-,23-,24-,27+,28-,29-,30-,31+,32+,33+,34-,36-,37+,38+,39-,40-/m0/s1. The average molecular weight is 758 g/mol. The zero-order valence-electron chi connectivity index (χ0n) is 32.2. The zero-order chi connectivity index (χ0) is 38.9. The molecule has 4 aliphatic carbocycles. The molecule has 14 nitrogen and oxygen atoms in total. The Morgan fingerprint density at radius 3 is 2.30 bits per heavy atom. The van der Waals surface area contributed by atoms with Gasteiger partial charge >= 0.3 is 17.9 Å². The van der Waals surface area contributed by atoms with E-state index in [-0.39, 0.29) is 30.9 Å².